The molecule has 7 rings (SSSR count). The summed E-state index contributed by atoms with van der Waals surface area (Å²) in [6.45, 7) is 0. The van der Waals surface area contributed by atoms with Crippen molar-refractivity contribution in [3.8, 4) is 17.2 Å². The number of alkyl halides is 2. The van der Waals surface area contributed by atoms with Crippen LogP contribution >= 0.6 is 23.2 Å². The number of carbonyl (C=O) groups is 5. The van der Waals surface area contributed by atoms with Crippen molar-refractivity contribution in [2.24, 2.45) is 23.7 Å². The minimum absolute atomic E-state index is 0.00439. The Kier molecular flexibility index (Phi) is 6.02. The SMILES string of the molecule is CN1C(=O)C2(Cl)CC3C(=CCC4C(=O)N(c5ccc(C(=O)O)c(O)c5)C(=O)C43)C(C3=COc4ccc(O)cc4C3)C2(Cl)C1=O. The molecule has 13 heteroatoms. The summed E-state index contributed by atoms with van der Waals surface area (Å²) in [5, 5.41) is 29.7. The molecule has 44 heavy (non-hydrogen) atoms. The van der Waals surface area contributed by atoms with Gasteiger partial charge in [0.25, 0.3) is 11.8 Å². The van der Waals surface area contributed by atoms with Gasteiger partial charge in [-0.3, -0.25) is 24.1 Å². The first kappa shape index (κ1) is 28.4. The number of aromatic hydroxyl groups is 2. The topological polar surface area (TPSA) is 162 Å². The lowest BCUT2D eigenvalue weighted by molar-refractivity contribution is -0.138. The Balaban J connectivity index is 1.33. The molecule has 2 aromatic carbocycles. The monoisotopic (exact) mass is 638 g/mol. The number of fused-ring (bicyclic) bond motifs is 5. The molecule has 4 amide bonds. The number of hydrogen-bond acceptors (Lipinski definition) is 8. The summed E-state index contributed by atoms with van der Waals surface area (Å²) in [6, 6.07) is 8.03. The number of phenolic OH excluding ortho intramolecular Hbond substituents is 1. The van der Waals surface area contributed by atoms with Gasteiger partial charge in [-0.05, 0) is 54.7 Å². The summed E-state index contributed by atoms with van der Waals surface area (Å²) in [7, 11) is 1.30. The van der Waals surface area contributed by atoms with E-state index in [4.69, 9.17) is 27.9 Å². The largest absolute Gasteiger partial charge is 0.508 e. The molecular formula is C31H24Cl2N2O9. The van der Waals surface area contributed by atoms with Gasteiger partial charge in [0.05, 0.1) is 23.8 Å². The summed E-state index contributed by atoms with van der Waals surface area (Å²) in [4.78, 5) is 64.4. The second kappa shape index (κ2) is 9.33. The van der Waals surface area contributed by atoms with E-state index in [1.807, 2.05) is 0 Å². The summed E-state index contributed by atoms with van der Waals surface area (Å²) in [6.07, 6.45) is 3.37. The van der Waals surface area contributed by atoms with E-state index >= 15 is 0 Å². The summed E-state index contributed by atoms with van der Waals surface area (Å²) < 4.78 is 5.87. The van der Waals surface area contributed by atoms with Crippen LogP contribution in [0.1, 0.15) is 28.8 Å². The highest BCUT2D eigenvalue weighted by Gasteiger charge is 2.76. The number of phenols is 2. The van der Waals surface area contributed by atoms with Crippen molar-refractivity contribution in [3.63, 3.8) is 0 Å². The van der Waals surface area contributed by atoms with E-state index < -0.39 is 74.3 Å². The van der Waals surface area contributed by atoms with Crippen molar-refractivity contribution >= 4 is 58.5 Å². The number of imide groups is 2. The van der Waals surface area contributed by atoms with Crippen molar-refractivity contribution in [2.75, 3.05) is 11.9 Å². The molecule has 0 aromatic heterocycles. The Bertz CT molecular complexity index is 1800. The molecule has 11 nitrogen and oxygen atoms in total. The number of aromatic carboxylic acids is 1. The fourth-order valence-electron chi connectivity index (χ4n) is 7.65. The van der Waals surface area contributed by atoms with E-state index in [1.165, 1.54) is 31.5 Å². The van der Waals surface area contributed by atoms with Crippen molar-refractivity contribution in [1.82, 2.24) is 4.90 Å². The number of rotatable bonds is 3. The number of anilines is 1. The molecule has 3 fully saturated rings. The zero-order valence-corrected chi connectivity index (χ0v) is 24.5. The quantitative estimate of drug-likeness (QED) is 0.260. The van der Waals surface area contributed by atoms with Crippen LogP contribution in [0.2, 0.25) is 0 Å². The van der Waals surface area contributed by atoms with Crippen LogP contribution in [0.25, 0.3) is 0 Å². The lowest BCUT2D eigenvalue weighted by Crippen LogP contribution is -2.61. The molecule has 0 bridgehead atoms. The fraction of sp³-hybridized carbons (Fsp3) is 0.323. The van der Waals surface area contributed by atoms with Crippen LogP contribution in [0.5, 0.6) is 17.2 Å². The normalized spacial score (nSPS) is 32.3. The van der Waals surface area contributed by atoms with Crippen molar-refractivity contribution in [3.05, 3.63) is 71.0 Å². The smallest absolute Gasteiger partial charge is 0.339 e. The number of carboxylic acid groups (broad SMARTS) is 1. The second-order valence-electron chi connectivity index (χ2n) is 11.8. The van der Waals surface area contributed by atoms with Crippen molar-refractivity contribution in [1.29, 1.82) is 0 Å². The molecule has 3 N–H and O–H groups in total. The fourth-order valence-corrected chi connectivity index (χ4v) is 8.68. The van der Waals surface area contributed by atoms with Gasteiger partial charge < -0.3 is 20.1 Å². The second-order valence-corrected chi connectivity index (χ2v) is 13.0. The molecule has 3 heterocycles. The van der Waals surface area contributed by atoms with Crippen LogP contribution in [0.4, 0.5) is 5.69 Å². The zero-order chi connectivity index (χ0) is 31.5. The van der Waals surface area contributed by atoms with Gasteiger partial charge >= 0.3 is 5.97 Å². The predicted octanol–water partition coefficient (Wildman–Crippen LogP) is 3.34. The van der Waals surface area contributed by atoms with E-state index in [2.05, 4.69) is 0 Å². The van der Waals surface area contributed by atoms with Crippen LogP contribution in [0.3, 0.4) is 0 Å². The van der Waals surface area contributed by atoms with Gasteiger partial charge in [-0.25, -0.2) is 9.69 Å². The molecule has 2 saturated heterocycles. The van der Waals surface area contributed by atoms with Crippen molar-refractivity contribution in [2.45, 2.75) is 29.0 Å². The van der Waals surface area contributed by atoms with E-state index in [0.29, 0.717) is 22.5 Å². The number of hydrogen-bond donors (Lipinski definition) is 3. The Morgan fingerprint density at radius 1 is 1.00 bits per heavy atom. The number of amides is 4. The maximum absolute atomic E-state index is 14.1. The lowest BCUT2D eigenvalue weighted by Gasteiger charge is -2.51. The van der Waals surface area contributed by atoms with Crippen LogP contribution in [-0.2, 0) is 25.6 Å². The van der Waals surface area contributed by atoms with Gasteiger partial charge in [0.15, 0.2) is 9.75 Å². The first-order valence-electron chi connectivity index (χ1n) is 13.8. The maximum atomic E-state index is 14.1. The zero-order valence-electron chi connectivity index (χ0n) is 23.0. The number of allylic oxidation sites excluding steroid dienone is 3. The van der Waals surface area contributed by atoms with Gasteiger partial charge in [0.2, 0.25) is 11.8 Å². The third-order valence-corrected chi connectivity index (χ3v) is 11.0. The van der Waals surface area contributed by atoms with Crippen LogP contribution in [0, 0.1) is 23.7 Å². The Morgan fingerprint density at radius 3 is 2.45 bits per heavy atom. The maximum Gasteiger partial charge on any atom is 0.339 e. The number of ether oxygens (including phenoxy) is 1. The average Bonchev–Trinajstić information content (AvgIpc) is 3.31. The molecule has 0 spiro atoms. The number of benzene rings is 2. The highest BCUT2D eigenvalue weighted by atomic mass is 35.5. The first-order valence-corrected chi connectivity index (χ1v) is 14.6. The van der Waals surface area contributed by atoms with Crippen LogP contribution in [0.15, 0.2) is 59.9 Å². The highest BCUT2D eigenvalue weighted by Crippen LogP contribution is 2.64. The third-order valence-electron chi connectivity index (χ3n) is 9.63. The summed E-state index contributed by atoms with van der Waals surface area (Å²) >= 11 is 14.4. The van der Waals surface area contributed by atoms with Crippen LogP contribution in [-0.4, -0.2) is 66.6 Å². The molecule has 2 aliphatic carbocycles. The number of halogens is 2. The van der Waals surface area contributed by atoms with Gasteiger partial charge in [0.1, 0.15) is 22.8 Å². The Labute approximate surface area is 259 Å². The number of likely N-dealkylation sites (tertiary alicyclic amines) is 1. The van der Waals surface area contributed by atoms with Gasteiger partial charge in [-0.1, -0.05) is 11.6 Å². The molecule has 2 aromatic rings. The highest BCUT2D eigenvalue weighted by molar-refractivity contribution is 6.53. The first-order chi connectivity index (χ1) is 20.8. The standard InChI is InChI=1S/C31H24Cl2N2O9/c1-34-28(42)30(32)11-20-17(24(31(30,33)29(34)43)14-8-13-9-16(36)3-7-22(13)44-12-14)5-6-19-23(20)26(39)35(25(19)38)15-2-4-18(27(40)41)21(37)10-15/h2-5,7,9-10,12,19-20,23-24,36-37H,6,8,11H2,1H3,(H,40,41). The Morgan fingerprint density at radius 2 is 1.75 bits per heavy atom. The third kappa shape index (κ3) is 3.53. The predicted molar refractivity (Wildman–Crippen MR) is 154 cm³/mol. The number of carboxylic acids is 1. The molecule has 6 atom stereocenters. The molecule has 1 saturated carbocycles. The number of nitrogens with zero attached hydrogens (tertiary/aromatic N) is 2. The Hall–Kier alpha value is -4.35. The minimum atomic E-state index is -1.97. The van der Waals surface area contributed by atoms with E-state index in [1.54, 1.807) is 12.1 Å². The van der Waals surface area contributed by atoms with Crippen LogP contribution < -0.4 is 9.64 Å². The van der Waals surface area contributed by atoms with Gasteiger partial charge in [-0.2, -0.15) is 0 Å². The van der Waals surface area contributed by atoms with Gasteiger partial charge in [0, 0.05) is 31.0 Å². The van der Waals surface area contributed by atoms with E-state index in [0.717, 1.165) is 21.9 Å². The minimum Gasteiger partial charge on any atom is -0.508 e. The van der Waals surface area contributed by atoms with Gasteiger partial charge in [-0.15, -0.1) is 23.2 Å². The molecular weight excluding hydrogens is 615 g/mol. The van der Waals surface area contributed by atoms with E-state index in [9.17, 15) is 39.3 Å². The molecule has 3 aliphatic heterocycles. The average molecular weight is 639 g/mol. The summed E-state index contributed by atoms with van der Waals surface area (Å²) in [5.74, 6) is -7.62. The molecule has 5 aliphatic rings. The summed E-state index contributed by atoms with van der Waals surface area (Å²) in [5.41, 5.74) is 1.33. The molecule has 226 valence electrons. The lowest BCUT2D eigenvalue weighted by atomic mass is 9.56. The van der Waals surface area contributed by atoms with E-state index in [-0.39, 0.29) is 30.7 Å². The molecule has 0 radical (unpaired) electrons. The van der Waals surface area contributed by atoms with Crippen molar-refractivity contribution < 1.29 is 44.0 Å². The molecule has 6 unspecified atom stereocenters. The number of carbonyl (C=O) groups excluding carboxylic acids is 4.